The van der Waals surface area contributed by atoms with Gasteiger partial charge in [-0.15, -0.1) is 0 Å². The molecule has 1 atom stereocenters. The highest BCUT2D eigenvalue weighted by Crippen LogP contribution is 2.26. The van der Waals surface area contributed by atoms with Crippen molar-refractivity contribution in [1.82, 2.24) is 9.97 Å². The van der Waals surface area contributed by atoms with E-state index in [9.17, 15) is 5.11 Å². The van der Waals surface area contributed by atoms with E-state index < -0.39 is 6.10 Å². The highest BCUT2D eigenvalue weighted by Gasteiger charge is 2.17. The molecule has 1 aromatic heterocycles. The van der Waals surface area contributed by atoms with Gasteiger partial charge in [-0.2, -0.15) is 4.98 Å². The first-order valence-corrected chi connectivity index (χ1v) is 6.91. The maximum atomic E-state index is 10.3. The fraction of sp³-hybridized carbons (Fsp3) is 0.375. The third-order valence-corrected chi connectivity index (χ3v) is 3.25. The van der Waals surface area contributed by atoms with Crippen LogP contribution >= 0.6 is 0 Å². The predicted octanol–water partition coefficient (Wildman–Crippen LogP) is 2.55. The number of aliphatic hydroxyl groups excluding tert-OH is 1. The largest absolute Gasteiger partial charge is 0.480 e. The summed E-state index contributed by atoms with van der Waals surface area (Å²) in [7, 11) is 3.02. The van der Waals surface area contributed by atoms with E-state index in [0.29, 0.717) is 23.9 Å². The first-order chi connectivity index (χ1) is 10.2. The fourth-order valence-electron chi connectivity index (χ4n) is 2.12. The first kappa shape index (κ1) is 15.3. The molecule has 1 N–H and O–H groups in total. The maximum absolute atomic E-state index is 10.3. The summed E-state index contributed by atoms with van der Waals surface area (Å²) in [6, 6.07) is 10.2. The zero-order chi connectivity index (χ0) is 15.1. The highest BCUT2D eigenvalue weighted by molar-refractivity contribution is 5.24. The number of methoxy groups -OCH3 is 2. The Morgan fingerprint density at radius 2 is 1.90 bits per heavy atom. The van der Waals surface area contributed by atoms with Gasteiger partial charge in [-0.25, -0.2) is 4.98 Å². The summed E-state index contributed by atoms with van der Waals surface area (Å²) in [6.45, 7) is 0. The Hall–Kier alpha value is -2.14. The van der Waals surface area contributed by atoms with Crippen molar-refractivity contribution in [2.75, 3.05) is 14.2 Å². The summed E-state index contributed by atoms with van der Waals surface area (Å²) < 4.78 is 10.2. The molecule has 0 saturated carbocycles. The lowest BCUT2D eigenvalue weighted by molar-refractivity contribution is 0.154. The molecule has 1 unspecified atom stereocenters. The lowest BCUT2D eigenvalue weighted by Crippen LogP contribution is -2.06. The molecule has 5 heteroatoms. The third-order valence-electron chi connectivity index (χ3n) is 3.25. The van der Waals surface area contributed by atoms with E-state index in [1.54, 1.807) is 0 Å². The van der Waals surface area contributed by atoms with Crippen molar-refractivity contribution in [2.45, 2.75) is 25.4 Å². The minimum atomic E-state index is -0.693. The highest BCUT2D eigenvalue weighted by atomic mass is 16.5. The number of aromatic nitrogens is 2. The Morgan fingerprint density at radius 1 is 1.14 bits per heavy atom. The molecule has 0 radical (unpaired) electrons. The molecule has 0 aliphatic rings. The van der Waals surface area contributed by atoms with Gasteiger partial charge >= 0.3 is 0 Å². The zero-order valence-electron chi connectivity index (χ0n) is 12.3. The van der Waals surface area contributed by atoms with Gasteiger partial charge in [0.15, 0.2) is 0 Å². The number of benzene rings is 1. The normalized spacial score (nSPS) is 12.0. The van der Waals surface area contributed by atoms with Gasteiger partial charge < -0.3 is 14.6 Å². The molecular formula is C16H20N2O3. The average molecular weight is 288 g/mol. The monoisotopic (exact) mass is 288 g/mol. The molecule has 21 heavy (non-hydrogen) atoms. The molecule has 0 spiro atoms. The van der Waals surface area contributed by atoms with Crippen molar-refractivity contribution in [1.29, 1.82) is 0 Å². The summed E-state index contributed by atoms with van der Waals surface area (Å²) in [5.74, 6) is 0.675. The Balaban J connectivity index is 1.95. The molecule has 5 nitrogen and oxygen atoms in total. The Kier molecular flexibility index (Phi) is 5.51. The van der Waals surface area contributed by atoms with Gasteiger partial charge in [0, 0.05) is 0 Å². The second kappa shape index (κ2) is 7.59. The van der Waals surface area contributed by atoms with Gasteiger partial charge in [-0.1, -0.05) is 30.3 Å². The van der Waals surface area contributed by atoms with Crippen LogP contribution < -0.4 is 9.47 Å². The number of hydrogen-bond acceptors (Lipinski definition) is 5. The van der Waals surface area contributed by atoms with E-state index in [2.05, 4.69) is 22.1 Å². The zero-order valence-corrected chi connectivity index (χ0v) is 12.3. The third kappa shape index (κ3) is 4.16. The molecule has 2 rings (SSSR count). The summed E-state index contributed by atoms with van der Waals surface area (Å²) in [5, 5.41) is 10.3. The van der Waals surface area contributed by atoms with Gasteiger partial charge in [0.1, 0.15) is 11.8 Å². The van der Waals surface area contributed by atoms with Gasteiger partial charge in [0.2, 0.25) is 11.8 Å². The number of hydrogen-bond donors (Lipinski definition) is 1. The van der Waals surface area contributed by atoms with Crippen LogP contribution in [0.3, 0.4) is 0 Å². The number of rotatable bonds is 7. The van der Waals surface area contributed by atoms with Crippen LogP contribution in [-0.2, 0) is 6.42 Å². The van der Waals surface area contributed by atoms with Crippen molar-refractivity contribution >= 4 is 0 Å². The number of nitrogens with zero attached hydrogens (tertiary/aromatic N) is 2. The van der Waals surface area contributed by atoms with Crippen LogP contribution in [0, 0.1) is 0 Å². The predicted molar refractivity (Wildman–Crippen MR) is 79.5 cm³/mol. The molecule has 2 aromatic rings. The minimum Gasteiger partial charge on any atom is -0.480 e. The topological polar surface area (TPSA) is 64.5 Å². The molecule has 1 heterocycles. The van der Waals surface area contributed by atoms with Crippen molar-refractivity contribution in [3.63, 3.8) is 0 Å². The first-order valence-electron chi connectivity index (χ1n) is 6.91. The van der Waals surface area contributed by atoms with Crippen molar-refractivity contribution in [2.24, 2.45) is 0 Å². The van der Waals surface area contributed by atoms with Crippen LogP contribution in [0.2, 0.25) is 0 Å². The Morgan fingerprint density at radius 3 is 2.57 bits per heavy atom. The van der Waals surface area contributed by atoms with Crippen LogP contribution in [0.5, 0.6) is 11.8 Å². The molecule has 0 aliphatic carbocycles. The van der Waals surface area contributed by atoms with Crippen molar-refractivity contribution in [3.8, 4) is 11.8 Å². The maximum Gasteiger partial charge on any atom is 0.241 e. The lowest BCUT2D eigenvalue weighted by atomic mass is 10.0. The van der Waals surface area contributed by atoms with E-state index in [1.165, 1.54) is 26.0 Å². The summed E-state index contributed by atoms with van der Waals surface area (Å²) in [6.07, 6.45) is 3.18. The van der Waals surface area contributed by atoms with Crippen molar-refractivity contribution in [3.05, 3.63) is 47.8 Å². The second-order valence-electron chi connectivity index (χ2n) is 4.70. The summed E-state index contributed by atoms with van der Waals surface area (Å²) in [4.78, 5) is 8.31. The molecule has 0 saturated heterocycles. The molecule has 0 amide bonds. The molecule has 0 aliphatic heterocycles. The Bertz CT molecular complexity index is 561. The average Bonchev–Trinajstić information content (AvgIpc) is 2.55. The van der Waals surface area contributed by atoms with E-state index in [1.807, 2.05) is 18.2 Å². The van der Waals surface area contributed by atoms with Crippen molar-refractivity contribution < 1.29 is 14.6 Å². The minimum absolute atomic E-state index is 0.307. The van der Waals surface area contributed by atoms with Crippen LogP contribution in [0.15, 0.2) is 36.5 Å². The van der Waals surface area contributed by atoms with E-state index in [-0.39, 0.29) is 0 Å². The van der Waals surface area contributed by atoms with E-state index in [0.717, 1.165) is 12.8 Å². The number of ether oxygens (including phenoxy) is 2. The molecule has 0 bridgehead atoms. The standard InChI is InChI=1S/C16H20N2O3/c1-20-14-11-17-15(16(18-14)21-2)13(19)10-6-9-12-7-4-3-5-8-12/h3-5,7-8,11,13,19H,6,9-10H2,1-2H3. The SMILES string of the molecule is COc1cnc(C(O)CCCc2ccccc2)c(OC)n1. The van der Waals surface area contributed by atoms with Gasteiger partial charge in [-0.05, 0) is 24.8 Å². The molecular weight excluding hydrogens is 268 g/mol. The van der Waals surface area contributed by atoms with Gasteiger partial charge in [-0.3, -0.25) is 0 Å². The second-order valence-corrected chi connectivity index (χ2v) is 4.70. The van der Waals surface area contributed by atoms with Gasteiger partial charge in [0.25, 0.3) is 0 Å². The fourth-order valence-corrected chi connectivity index (χ4v) is 2.12. The smallest absolute Gasteiger partial charge is 0.241 e. The summed E-state index contributed by atoms with van der Waals surface area (Å²) >= 11 is 0. The van der Waals surface area contributed by atoms with Crippen LogP contribution in [0.25, 0.3) is 0 Å². The molecule has 112 valence electrons. The number of aryl methyl sites for hydroxylation is 1. The quantitative estimate of drug-likeness (QED) is 0.848. The van der Waals surface area contributed by atoms with Gasteiger partial charge in [0.05, 0.1) is 20.4 Å². The molecule has 1 aromatic carbocycles. The van der Waals surface area contributed by atoms with E-state index >= 15 is 0 Å². The summed E-state index contributed by atoms with van der Waals surface area (Å²) in [5.41, 5.74) is 1.71. The Labute approximate surface area is 124 Å². The van der Waals surface area contributed by atoms with Crippen LogP contribution in [-0.4, -0.2) is 29.3 Å². The molecule has 0 fully saturated rings. The van der Waals surface area contributed by atoms with E-state index in [4.69, 9.17) is 9.47 Å². The van der Waals surface area contributed by atoms with Crippen LogP contribution in [0.4, 0.5) is 0 Å². The van der Waals surface area contributed by atoms with Crippen LogP contribution in [0.1, 0.15) is 30.2 Å². The number of aliphatic hydroxyl groups is 1. The lowest BCUT2D eigenvalue weighted by Gasteiger charge is -2.13.